The van der Waals surface area contributed by atoms with E-state index in [0.717, 1.165) is 10.0 Å². The van der Waals surface area contributed by atoms with Crippen LogP contribution in [-0.2, 0) is 4.79 Å². The molecule has 1 aliphatic rings. The van der Waals surface area contributed by atoms with E-state index >= 15 is 0 Å². The number of carbonyl (C=O) groups excluding carboxylic acids is 1. The van der Waals surface area contributed by atoms with Gasteiger partial charge in [0.2, 0.25) is 22.6 Å². The van der Waals surface area contributed by atoms with Gasteiger partial charge in [-0.3, -0.25) is 4.79 Å². The minimum absolute atomic E-state index is 0.0575. The van der Waals surface area contributed by atoms with E-state index in [1.807, 2.05) is 41.0 Å². The second-order valence-corrected chi connectivity index (χ2v) is 9.22. The predicted molar refractivity (Wildman–Crippen MR) is 120 cm³/mol. The Bertz CT molecular complexity index is 1100. The van der Waals surface area contributed by atoms with Crippen molar-refractivity contribution in [2.45, 2.75) is 18.2 Å². The number of piperazine rings is 1. The molecule has 1 N–H and O–H groups in total. The van der Waals surface area contributed by atoms with Gasteiger partial charge >= 0.3 is 0 Å². The minimum atomic E-state index is 0.0575. The van der Waals surface area contributed by atoms with E-state index in [0.29, 0.717) is 54.5 Å². The average Bonchev–Trinajstić information content (AvgIpc) is 3.39. The molecule has 0 unspecified atom stereocenters. The first-order chi connectivity index (χ1) is 15.0. The lowest BCUT2D eigenvalue weighted by Gasteiger charge is -2.34. The molecule has 0 saturated carbocycles. The summed E-state index contributed by atoms with van der Waals surface area (Å²) in [6.07, 6.45) is 0. The zero-order valence-electron chi connectivity index (χ0n) is 17.2. The molecule has 0 aliphatic carbocycles. The Morgan fingerprint density at radius 3 is 2.68 bits per heavy atom. The Labute approximate surface area is 188 Å². The van der Waals surface area contributed by atoms with Gasteiger partial charge in [-0.2, -0.15) is 5.26 Å². The summed E-state index contributed by atoms with van der Waals surface area (Å²) >= 11 is 2.82. The summed E-state index contributed by atoms with van der Waals surface area (Å²) in [5, 5.41) is 21.4. The highest BCUT2D eigenvalue weighted by Crippen LogP contribution is 2.28. The molecule has 31 heavy (non-hydrogen) atoms. The predicted octanol–water partition coefficient (Wildman–Crippen LogP) is 3.20. The number of oxazole rings is 1. The van der Waals surface area contributed by atoms with Crippen molar-refractivity contribution < 1.29 is 9.21 Å². The van der Waals surface area contributed by atoms with E-state index in [1.165, 1.54) is 28.7 Å². The number of benzene rings is 1. The van der Waals surface area contributed by atoms with Crippen LogP contribution >= 0.6 is 23.1 Å². The molecule has 2 aromatic heterocycles. The smallest absolute Gasteiger partial charge is 0.234 e. The summed E-state index contributed by atoms with van der Waals surface area (Å²) in [6.45, 7) is 6.10. The number of rotatable bonds is 6. The molecule has 0 radical (unpaired) electrons. The molecule has 9 nitrogen and oxygen atoms in total. The molecular formula is C20H21N7O2S2. The fourth-order valence-electron chi connectivity index (χ4n) is 3.16. The number of nitrogens with zero attached hydrogens (tertiary/aromatic N) is 6. The quantitative estimate of drug-likeness (QED) is 0.560. The van der Waals surface area contributed by atoms with Gasteiger partial charge in [-0.25, -0.2) is 4.98 Å². The average molecular weight is 456 g/mol. The molecule has 11 heteroatoms. The molecule has 1 saturated heterocycles. The molecule has 4 rings (SSSR count). The highest BCUT2D eigenvalue weighted by atomic mass is 32.2. The van der Waals surface area contributed by atoms with Crippen LogP contribution in [-0.4, -0.2) is 57.9 Å². The Balaban J connectivity index is 1.26. The van der Waals surface area contributed by atoms with Crippen molar-refractivity contribution in [3.8, 4) is 6.07 Å². The van der Waals surface area contributed by atoms with Crippen molar-refractivity contribution in [2.75, 3.05) is 42.1 Å². The van der Waals surface area contributed by atoms with Crippen LogP contribution in [0.15, 0.2) is 33.0 Å². The molecule has 160 valence electrons. The molecule has 1 aromatic carbocycles. The third-order valence-corrected chi connectivity index (χ3v) is 6.73. The summed E-state index contributed by atoms with van der Waals surface area (Å²) in [6, 6.07) is 10.1. The number of hydrogen-bond donors (Lipinski definition) is 1. The van der Waals surface area contributed by atoms with Crippen molar-refractivity contribution in [1.82, 2.24) is 20.1 Å². The number of nitrogens with one attached hydrogen (secondary N) is 1. The fraction of sp³-hybridized carbons (Fsp3) is 0.350. The number of aromatic nitrogens is 3. The van der Waals surface area contributed by atoms with Gasteiger partial charge in [-0.15, -0.1) is 10.2 Å². The lowest BCUT2D eigenvalue weighted by molar-refractivity contribution is -0.128. The summed E-state index contributed by atoms with van der Waals surface area (Å²) < 4.78 is 6.31. The van der Waals surface area contributed by atoms with E-state index < -0.39 is 0 Å². The van der Waals surface area contributed by atoms with Gasteiger partial charge in [0.1, 0.15) is 6.07 Å². The van der Waals surface area contributed by atoms with Crippen LogP contribution in [0.1, 0.15) is 17.1 Å². The molecule has 1 amide bonds. The van der Waals surface area contributed by atoms with Crippen LogP contribution in [0.3, 0.4) is 0 Å². The number of aryl methyl sites for hydroxylation is 2. The molecule has 1 aliphatic heterocycles. The molecule has 0 spiro atoms. The van der Waals surface area contributed by atoms with Gasteiger partial charge in [0.05, 0.1) is 5.75 Å². The Hall–Kier alpha value is -3.10. The molecule has 0 atom stereocenters. The van der Waals surface area contributed by atoms with Crippen molar-refractivity contribution >= 4 is 45.7 Å². The van der Waals surface area contributed by atoms with E-state index in [2.05, 4.69) is 26.6 Å². The fourth-order valence-corrected chi connectivity index (χ4v) is 4.83. The first-order valence-electron chi connectivity index (χ1n) is 9.72. The molecule has 1 fully saturated rings. The zero-order chi connectivity index (χ0) is 21.8. The van der Waals surface area contributed by atoms with Crippen LogP contribution < -0.4 is 10.2 Å². The van der Waals surface area contributed by atoms with E-state index in [9.17, 15) is 10.1 Å². The van der Waals surface area contributed by atoms with E-state index in [4.69, 9.17) is 4.42 Å². The Morgan fingerprint density at radius 1 is 1.23 bits per heavy atom. The maximum Gasteiger partial charge on any atom is 0.234 e. The third kappa shape index (κ3) is 5.15. The summed E-state index contributed by atoms with van der Waals surface area (Å²) in [5.74, 6) is 1.32. The standard InChI is InChI=1S/C20H21N7O2S2/c1-13-3-5-15(6-4-13)23-19-24-25-20(31-19)30-12-17(28)26-7-9-27(10-8-26)18-16(11-21)22-14(2)29-18/h3-6H,7-10,12H2,1-2H3,(H,23,24). The minimum Gasteiger partial charge on any atom is -0.424 e. The number of amides is 1. The van der Waals surface area contributed by atoms with Gasteiger partial charge in [-0.05, 0) is 19.1 Å². The number of hydrogen-bond acceptors (Lipinski definition) is 10. The SMILES string of the molecule is Cc1ccc(Nc2nnc(SCC(=O)N3CCN(c4oc(C)nc4C#N)CC3)s2)cc1. The largest absolute Gasteiger partial charge is 0.424 e. The van der Waals surface area contributed by atoms with Crippen LogP contribution in [0.2, 0.25) is 0 Å². The van der Waals surface area contributed by atoms with Crippen LogP contribution in [0.5, 0.6) is 0 Å². The number of anilines is 3. The van der Waals surface area contributed by atoms with Crippen molar-refractivity contribution in [1.29, 1.82) is 5.26 Å². The van der Waals surface area contributed by atoms with Crippen molar-refractivity contribution in [2.24, 2.45) is 0 Å². The maximum atomic E-state index is 12.6. The lowest BCUT2D eigenvalue weighted by atomic mass is 10.2. The van der Waals surface area contributed by atoms with E-state index in [1.54, 1.807) is 6.92 Å². The monoisotopic (exact) mass is 455 g/mol. The molecular weight excluding hydrogens is 434 g/mol. The molecule has 3 aromatic rings. The number of carbonyl (C=O) groups is 1. The first kappa shape index (κ1) is 21.1. The van der Waals surface area contributed by atoms with E-state index in [-0.39, 0.29) is 5.91 Å². The van der Waals surface area contributed by atoms with Gasteiger partial charge in [-0.1, -0.05) is 40.8 Å². The van der Waals surface area contributed by atoms with Gasteiger partial charge in [0.15, 0.2) is 10.2 Å². The zero-order valence-corrected chi connectivity index (χ0v) is 18.8. The van der Waals surface area contributed by atoms with Crippen LogP contribution in [0, 0.1) is 25.2 Å². The van der Waals surface area contributed by atoms with Crippen LogP contribution in [0.25, 0.3) is 0 Å². The number of nitriles is 1. The molecule has 0 bridgehead atoms. The van der Waals surface area contributed by atoms with Gasteiger partial charge in [0, 0.05) is 38.8 Å². The highest BCUT2D eigenvalue weighted by Gasteiger charge is 2.26. The normalized spacial score (nSPS) is 13.8. The van der Waals surface area contributed by atoms with Crippen molar-refractivity contribution in [3.63, 3.8) is 0 Å². The third-order valence-electron chi connectivity index (χ3n) is 4.77. The summed E-state index contributed by atoms with van der Waals surface area (Å²) in [5.41, 5.74) is 2.44. The highest BCUT2D eigenvalue weighted by molar-refractivity contribution is 8.01. The van der Waals surface area contributed by atoms with Gasteiger partial charge < -0.3 is 19.5 Å². The number of thioether (sulfide) groups is 1. The summed E-state index contributed by atoms with van der Waals surface area (Å²) in [4.78, 5) is 20.5. The first-order valence-corrected chi connectivity index (χ1v) is 11.5. The Kier molecular flexibility index (Phi) is 6.39. The summed E-state index contributed by atoms with van der Waals surface area (Å²) in [7, 11) is 0. The molecule has 3 heterocycles. The topological polar surface area (TPSA) is 111 Å². The second kappa shape index (κ2) is 9.36. The van der Waals surface area contributed by atoms with Gasteiger partial charge in [0.25, 0.3) is 0 Å². The lowest BCUT2D eigenvalue weighted by Crippen LogP contribution is -2.49. The van der Waals surface area contributed by atoms with Crippen LogP contribution in [0.4, 0.5) is 16.7 Å². The second-order valence-electron chi connectivity index (χ2n) is 7.02. The maximum absolute atomic E-state index is 12.6. The van der Waals surface area contributed by atoms with Crippen molar-refractivity contribution in [3.05, 3.63) is 41.4 Å². The Morgan fingerprint density at radius 2 is 1.97 bits per heavy atom.